The van der Waals surface area contributed by atoms with Crippen molar-refractivity contribution in [1.82, 2.24) is 5.32 Å². The molecule has 6 heteroatoms. The van der Waals surface area contributed by atoms with Crippen LogP contribution in [0.1, 0.15) is 12.8 Å². The van der Waals surface area contributed by atoms with E-state index in [1.54, 1.807) is 11.8 Å². The molecule has 1 heterocycles. The molecule has 1 amide bonds. The molecule has 0 bridgehead atoms. The number of carbonyl (C=O) groups is 1. The fourth-order valence-electron chi connectivity index (χ4n) is 1.61. The van der Waals surface area contributed by atoms with Crippen molar-refractivity contribution in [2.45, 2.75) is 22.8 Å². The molecule has 2 N–H and O–H groups in total. The number of hydrogen-bond acceptors (Lipinski definition) is 3. The smallest absolute Gasteiger partial charge is 0.226 e. The van der Waals surface area contributed by atoms with E-state index in [-0.39, 0.29) is 11.8 Å². The zero-order valence-electron chi connectivity index (χ0n) is 8.13. The Kier molecular flexibility index (Phi) is 3.14. The molecule has 2 aliphatic rings. The lowest BCUT2D eigenvalue weighted by Crippen LogP contribution is -2.43. The second-order valence-corrected chi connectivity index (χ2v) is 6.91. The van der Waals surface area contributed by atoms with Gasteiger partial charge in [-0.05, 0) is 18.6 Å². The van der Waals surface area contributed by atoms with Gasteiger partial charge in [-0.3, -0.25) is 4.79 Å². The molecule has 0 aromatic heterocycles. The van der Waals surface area contributed by atoms with E-state index in [2.05, 4.69) is 5.32 Å². The highest BCUT2D eigenvalue weighted by molar-refractivity contribution is 7.99. The Morgan fingerprint density at radius 2 is 2.27 bits per heavy atom. The summed E-state index contributed by atoms with van der Waals surface area (Å²) in [5.74, 6) is 1.18. The average molecular weight is 270 g/mol. The van der Waals surface area contributed by atoms with Crippen LogP contribution >= 0.6 is 35.0 Å². The molecule has 3 nitrogen and oxygen atoms in total. The van der Waals surface area contributed by atoms with Crippen LogP contribution in [0.2, 0.25) is 0 Å². The Bertz CT molecular complexity index is 279. The fraction of sp³-hybridized carbons (Fsp3) is 0.889. The quantitative estimate of drug-likeness (QED) is 0.757. The van der Waals surface area contributed by atoms with Crippen molar-refractivity contribution >= 4 is 40.9 Å². The van der Waals surface area contributed by atoms with Gasteiger partial charge in [0.05, 0.1) is 11.5 Å². The van der Waals surface area contributed by atoms with Gasteiger partial charge >= 0.3 is 0 Å². The average Bonchev–Trinajstić information content (AvgIpc) is 2.60. The van der Waals surface area contributed by atoms with Crippen molar-refractivity contribution in [3.8, 4) is 0 Å². The number of thioether (sulfide) groups is 1. The van der Waals surface area contributed by atoms with Crippen LogP contribution < -0.4 is 5.32 Å². The lowest BCUT2D eigenvalue weighted by atomic mass is 10.0. The summed E-state index contributed by atoms with van der Waals surface area (Å²) in [6.45, 7) is 0.305. The summed E-state index contributed by atoms with van der Waals surface area (Å²) in [5.41, 5.74) is -0.740. The summed E-state index contributed by atoms with van der Waals surface area (Å²) in [6, 6.07) is 0. The van der Waals surface area contributed by atoms with Crippen LogP contribution in [0.25, 0.3) is 0 Å². The van der Waals surface area contributed by atoms with Crippen LogP contribution in [0.5, 0.6) is 0 Å². The molecule has 1 saturated carbocycles. The van der Waals surface area contributed by atoms with Gasteiger partial charge in [0.2, 0.25) is 5.91 Å². The van der Waals surface area contributed by atoms with E-state index in [4.69, 9.17) is 23.2 Å². The van der Waals surface area contributed by atoms with E-state index in [0.29, 0.717) is 18.7 Å². The van der Waals surface area contributed by atoms with Gasteiger partial charge < -0.3 is 10.4 Å². The van der Waals surface area contributed by atoms with Crippen LogP contribution in [0, 0.1) is 5.92 Å². The summed E-state index contributed by atoms with van der Waals surface area (Å²) >= 11 is 13.2. The first-order chi connectivity index (χ1) is 6.93. The minimum absolute atomic E-state index is 0.148. The largest absolute Gasteiger partial charge is 0.387 e. The van der Waals surface area contributed by atoms with E-state index in [1.165, 1.54) is 0 Å². The molecule has 0 radical (unpaired) electrons. The number of rotatable bonds is 3. The number of nitrogens with one attached hydrogen (secondary N) is 1. The summed E-state index contributed by atoms with van der Waals surface area (Å²) in [7, 11) is 0. The van der Waals surface area contributed by atoms with Crippen molar-refractivity contribution < 1.29 is 9.90 Å². The maximum absolute atomic E-state index is 11.5. The van der Waals surface area contributed by atoms with Gasteiger partial charge in [0, 0.05) is 12.3 Å². The molecular formula is C9H13Cl2NO2S. The Morgan fingerprint density at radius 1 is 1.60 bits per heavy atom. The molecule has 1 aliphatic heterocycles. The van der Waals surface area contributed by atoms with Gasteiger partial charge in [-0.2, -0.15) is 11.8 Å². The standard InChI is InChI=1S/C9H13Cl2NO2S/c10-9(11)3-6(9)7(13)12-4-8(14)1-2-15-5-8/h6,14H,1-5H2,(H,12,13)/t6-,8+/m0/s1. The first kappa shape index (κ1) is 11.8. The Morgan fingerprint density at radius 3 is 2.73 bits per heavy atom. The SMILES string of the molecule is O=C(NC[C@]1(O)CCSC1)[C@@H]1CC1(Cl)Cl. The van der Waals surface area contributed by atoms with E-state index >= 15 is 0 Å². The molecule has 0 spiro atoms. The highest BCUT2D eigenvalue weighted by Crippen LogP contribution is 2.53. The minimum atomic E-state index is -0.878. The van der Waals surface area contributed by atoms with Gasteiger partial charge in [0.15, 0.2) is 0 Å². The van der Waals surface area contributed by atoms with Crippen molar-refractivity contribution in [3.63, 3.8) is 0 Å². The normalized spacial score (nSPS) is 37.7. The zero-order chi connectivity index (χ0) is 11.1. The molecule has 2 rings (SSSR count). The molecule has 15 heavy (non-hydrogen) atoms. The predicted molar refractivity (Wildman–Crippen MR) is 62.4 cm³/mol. The van der Waals surface area contributed by atoms with Crippen LogP contribution in [0.15, 0.2) is 0 Å². The zero-order valence-corrected chi connectivity index (χ0v) is 10.5. The van der Waals surface area contributed by atoms with Crippen molar-refractivity contribution in [1.29, 1.82) is 0 Å². The Balaban J connectivity index is 1.76. The summed E-state index contributed by atoms with van der Waals surface area (Å²) in [4.78, 5) is 11.5. The van der Waals surface area contributed by atoms with Crippen LogP contribution in [-0.4, -0.2) is 39.0 Å². The molecule has 1 aliphatic carbocycles. The van der Waals surface area contributed by atoms with Crippen LogP contribution in [0.3, 0.4) is 0 Å². The number of halogens is 2. The molecule has 0 unspecified atom stereocenters. The predicted octanol–water partition coefficient (Wildman–Crippen LogP) is 1.16. The lowest BCUT2D eigenvalue weighted by Gasteiger charge is -2.21. The summed E-state index contributed by atoms with van der Waals surface area (Å²) in [5, 5.41) is 12.7. The first-order valence-corrected chi connectivity index (χ1v) is 6.80. The highest BCUT2D eigenvalue weighted by Gasteiger charge is 2.56. The van der Waals surface area contributed by atoms with Gasteiger partial charge in [-0.15, -0.1) is 23.2 Å². The van der Waals surface area contributed by atoms with E-state index in [9.17, 15) is 9.90 Å². The molecule has 86 valence electrons. The van der Waals surface area contributed by atoms with Gasteiger partial charge in [-0.1, -0.05) is 0 Å². The Hall–Kier alpha value is 0.360. The monoisotopic (exact) mass is 269 g/mol. The fourth-order valence-corrected chi connectivity index (χ4v) is 3.41. The third-order valence-corrected chi connectivity index (χ3v) is 4.89. The highest BCUT2D eigenvalue weighted by atomic mass is 35.5. The maximum Gasteiger partial charge on any atom is 0.226 e. The molecule has 0 aromatic rings. The third kappa shape index (κ3) is 2.73. The third-order valence-electron chi connectivity index (χ3n) is 2.82. The topological polar surface area (TPSA) is 49.3 Å². The van der Waals surface area contributed by atoms with Crippen LogP contribution in [-0.2, 0) is 4.79 Å². The first-order valence-electron chi connectivity index (χ1n) is 4.89. The Labute approximate surface area is 103 Å². The number of hydrogen-bond donors (Lipinski definition) is 2. The van der Waals surface area contributed by atoms with Crippen LogP contribution in [0.4, 0.5) is 0 Å². The van der Waals surface area contributed by atoms with Crippen molar-refractivity contribution in [3.05, 3.63) is 0 Å². The second kappa shape index (κ2) is 3.99. The second-order valence-electron chi connectivity index (χ2n) is 4.26. The van der Waals surface area contributed by atoms with Gasteiger partial charge in [0.1, 0.15) is 4.33 Å². The molecule has 2 atom stereocenters. The van der Waals surface area contributed by atoms with E-state index in [1.807, 2.05) is 0 Å². The van der Waals surface area contributed by atoms with Crippen molar-refractivity contribution in [2.24, 2.45) is 5.92 Å². The van der Waals surface area contributed by atoms with Gasteiger partial charge in [-0.25, -0.2) is 0 Å². The van der Waals surface area contributed by atoms with E-state index in [0.717, 1.165) is 12.2 Å². The lowest BCUT2D eigenvalue weighted by molar-refractivity contribution is -0.123. The summed E-state index contributed by atoms with van der Waals surface area (Å²) in [6.07, 6.45) is 1.24. The number of carbonyl (C=O) groups excluding carboxylic acids is 1. The molecule has 1 saturated heterocycles. The molecule has 0 aromatic carbocycles. The van der Waals surface area contributed by atoms with Crippen molar-refractivity contribution in [2.75, 3.05) is 18.1 Å². The number of aliphatic hydroxyl groups is 1. The summed E-state index contributed by atoms with van der Waals surface area (Å²) < 4.78 is -0.878. The minimum Gasteiger partial charge on any atom is -0.387 e. The molecular weight excluding hydrogens is 257 g/mol. The maximum atomic E-state index is 11.5. The van der Waals surface area contributed by atoms with E-state index < -0.39 is 9.93 Å². The van der Waals surface area contributed by atoms with Gasteiger partial charge in [0.25, 0.3) is 0 Å². The number of alkyl halides is 2. The number of amides is 1. The molecule has 2 fully saturated rings.